The molecule has 33 heavy (non-hydrogen) atoms. The van der Waals surface area contributed by atoms with Crippen molar-refractivity contribution in [3.8, 4) is 11.8 Å². The van der Waals surface area contributed by atoms with E-state index in [1.807, 2.05) is 48.5 Å². The standard InChI is InChI=1S/C27H26Cl2N2O2/c1-18(20-7-11-22(28)12-8-20)25(21-9-13-23(29)14-10-21)17-31-26(32)27(2,3)33-24-6-4-5-19(15-24)16-30/h4-15,18,25H,17H2,1-3H3,(H,31,32). The van der Waals surface area contributed by atoms with E-state index in [4.69, 9.17) is 33.2 Å². The number of ether oxygens (including phenoxy) is 1. The maximum absolute atomic E-state index is 13.1. The van der Waals surface area contributed by atoms with Gasteiger partial charge in [0.2, 0.25) is 0 Å². The second kappa shape index (κ2) is 10.7. The number of amides is 1. The molecular weight excluding hydrogens is 455 g/mol. The molecule has 0 spiro atoms. The van der Waals surface area contributed by atoms with E-state index in [1.54, 1.807) is 38.1 Å². The zero-order chi connectivity index (χ0) is 24.0. The van der Waals surface area contributed by atoms with Crippen LogP contribution in [-0.4, -0.2) is 18.1 Å². The van der Waals surface area contributed by atoms with E-state index in [-0.39, 0.29) is 17.7 Å². The Morgan fingerprint density at radius 3 is 2.15 bits per heavy atom. The molecule has 3 aromatic rings. The zero-order valence-corrected chi connectivity index (χ0v) is 20.3. The van der Waals surface area contributed by atoms with Crippen LogP contribution in [0.25, 0.3) is 0 Å². The van der Waals surface area contributed by atoms with Crippen molar-refractivity contribution in [3.63, 3.8) is 0 Å². The lowest BCUT2D eigenvalue weighted by Crippen LogP contribution is -2.47. The van der Waals surface area contributed by atoms with Crippen LogP contribution in [0.2, 0.25) is 10.0 Å². The number of nitrogens with one attached hydrogen (secondary N) is 1. The lowest BCUT2D eigenvalue weighted by Gasteiger charge is -2.29. The smallest absolute Gasteiger partial charge is 0.263 e. The summed E-state index contributed by atoms with van der Waals surface area (Å²) in [6.45, 7) is 5.96. The number of hydrogen-bond donors (Lipinski definition) is 1. The monoisotopic (exact) mass is 480 g/mol. The SMILES string of the molecule is CC(c1ccc(Cl)cc1)C(CNC(=O)C(C)(C)Oc1cccc(C#N)c1)c1ccc(Cl)cc1. The Bertz CT molecular complexity index is 1140. The van der Waals surface area contributed by atoms with Crippen molar-refractivity contribution in [2.24, 2.45) is 0 Å². The highest BCUT2D eigenvalue weighted by Crippen LogP contribution is 2.33. The highest BCUT2D eigenvalue weighted by molar-refractivity contribution is 6.30. The minimum atomic E-state index is -1.12. The van der Waals surface area contributed by atoms with Gasteiger partial charge in [0.15, 0.2) is 5.60 Å². The number of nitriles is 1. The Labute approximate surface area is 205 Å². The third-order valence-electron chi connectivity index (χ3n) is 5.66. The van der Waals surface area contributed by atoms with Gasteiger partial charge in [0.05, 0.1) is 11.6 Å². The Morgan fingerprint density at radius 1 is 1.00 bits per heavy atom. The lowest BCUT2D eigenvalue weighted by molar-refractivity contribution is -0.134. The predicted molar refractivity (Wildman–Crippen MR) is 133 cm³/mol. The molecule has 0 aliphatic heterocycles. The molecule has 0 aromatic heterocycles. The molecule has 0 radical (unpaired) electrons. The topological polar surface area (TPSA) is 62.1 Å². The number of halogens is 2. The maximum Gasteiger partial charge on any atom is 0.263 e. The first kappa shape index (κ1) is 24.6. The molecule has 0 saturated heterocycles. The average Bonchev–Trinajstić information content (AvgIpc) is 2.80. The van der Waals surface area contributed by atoms with Gasteiger partial charge in [0, 0.05) is 22.5 Å². The summed E-state index contributed by atoms with van der Waals surface area (Å²) in [5, 5.41) is 13.5. The van der Waals surface area contributed by atoms with Crippen LogP contribution in [0.1, 0.15) is 49.3 Å². The molecule has 1 N–H and O–H groups in total. The van der Waals surface area contributed by atoms with Crippen LogP contribution in [0.15, 0.2) is 72.8 Å². The molecule has 3 rings (SSSR count). The van der Waals surface area contributed by atoms with Gasteiger partial charge >= 0.3 is 0 Å². The molecule has 2 unspecified atom stereocenters. The van der Waals surface area contributed by atoms with E-state index >= 15 is 0 Å². The summed E-state index contributed by atoms with van der Waals surface area (Å²) in [5.41, 5.74) is 1.55. The number of nitrogens with zero attached hydrogens (tertiary/aromatic N) is 1. The first-order valence-electron chi connectivity index (χ1n) is 10.7. The molecule has 0 aliphatic rings. The van der Waals surface area contributed by atoms with Crippen molar-refractivity contribution in [2.75, 3.05) is 6.54 Å². The second-order valence-corrected chi connectivity index (χ2v) is 9.33. The summed E-state index contributed by atoms with van der Waals surface area (Å²) in [5.74, 6) is 0.343. The average molecular weight is 481 g/mol. The minimum Gasteiger partial charge on any atom is -0.478 e. The van der Waals surface area contributed by atoms with E-state index in [1.165, 1.54) is 0 Å². The maximum atomic E-state index is 13.1. The van der Waals surface area contributed by atoms with E-state index in [2.05, 4.69) is 18.3 Å². The first-order valence-corrected chi connectivity index (χ1v) is 11.4. The third-order valence-corrected chi connectivity index (χ3v) is 6.17. The summed E-state index contributed by atoms with van der Waals surface area (Å²) >= 11 is 12.2. The minimum absolute atomic E-state index is 0.00473. The van der Waals surface area contributed by atoms with Crippen molar-refractivity contribution < 1.29 is 9.53 Å². The Hall–Kier alpha value is -3.00. The van der Waals surface area contributed by atoms with Crippen LogP contribution in [0.5, 0.6) is 5.75 Å². The van der Waals surface area contributed by atoms with Crippen LogP contribution < -0.4 is 10.1 Å². The second-order valence-electron chi connectivity index (χ2n) is 8.46. The van der Waals surface area contributed by atoms with Gasteiger partial charge in [0.25, 0.3) is 5.91 Å². The third kappa shape index (κ3) is 6.51. The van der Waals surface area contributed by atoms with Crippen LogP contribution in [0, 0.1) is 11.3 Å². The van der Waals surface area contributed by atoms with Crippen molar-refractivity contribution in [1.29, 1.82) is 5.26 Å². The molecule has 6 heteroatoms. The first-order chi connectivity index (χ1) is 15.7. The molecule has 0 bridgehead atoms. The number of rotatable bonds is 8. The molecule has 3 aromatic carbocycles. The van der Waals surface area contributed by atoms with Crippen molar-refractivity contribution in [3.05, 3.63) is 99.5 Å². The molecule has 4 nitrogen and oxygen atoms in total. The Kier molecular flexibility index (Phi) is 8.02. The Morgan fingerprint density at radius 2 is 1.58 bits per heavy atom. The Balaban J connectivity index is 1.77. The number of benzene rings is 3. The van der Waals surface area contributed by atoms with Gasteiger partial charge in [-0.1, -0.05) is 60.5 Å². The molecule has 0 saturated carbocycles. The summed E-state index contributed by atoms with van der Waals surface area (Å²) in [6, 6.07) is 24.3. The fraction of sp³-hybridized carbons (Fsp3) is 0.259. The van der Waals surface area contributed by atoms with E-state index < -0.39 is 5.60 Å². The van der Waals surface area contributed by atoms with Gasteiger partial charge in [0.1, 0.15) is 5.75 Å². The summed E-state index contributed by atoms with van der Waals surface area (Å²) < 4.78 is 5.92. The van der Waals surface area contributed by atoms with Crippen LogP contribution in [-0.2, 0) is 4.79 Å². The molecule has 0 aliphatic carbocycles. The number of carbonyl (C=O) groups is 1. The quantitative estimate of drug-likeness (QED) is 0.388. The highest BCUT2D eigenvalue weighted by Gasteiger charge is 2.31. The molecule has 2 atom stereocenters. The van der Waals surface area contributed by atoms with Gasteiger partial charge < -0.3 is 10.1 Å². The van der Waals surface area contributed by atoms with Crippen molar-refractivity contribution in [1.82, 2.24) is 5.32 Å². The van der Waals surface area contributed by atoms with Crippen molar-refractivity contribution >= 4 is 29.1 Å². The fourth-order valence-corrected chi connectivity index (χ4v) is 3.93. The van der Waals surface area contributed by atoms with E-state index in [9.17, 15) is 4.79 Å². The summed E-state index contributed by atoms with van der Waals surface area (Å²) in [4.78, 5) is 13.1. The van der Waals surface area contributed by atoms with E-state index in [0.29, 0.717) is 27.9 Å². The van der Waals surface area contributed by atoms with Gasteiger partial charge in [-0.2, -0.15) is 5.26 Å². The van der Waals surface area contributed by atoms with Crippen LogP contribution in [0.3, 0.4) is 0 Å². The fourth-order valence-electron chi connectivity index (χ4n) is 3.68. The van der Waals surface area contributed by atoms with Crippen LogP contribution >= 0.6 is 23.2 Å². The number of hydrogen-bond acceptors (Lipinski definition) is 3. The highest BCUT2D eigenvalue weighted by atomic mass is 35.5. The summed E-state index contributed by atoms with van der Waals surface area (Å²) in [7, 11) is 0. The lowest BCUT2D eigenvalue weighted by atomic mass is 9.82. The van der Waals surface area contributed by atoms with Gasteiger partial charge in [-0.25, -0.2) is 0 Å². The predicted octanol–water partition coefficient (Wildman–Crippen LogP) is 6.73. The molecule has 170 valence electrons. The largest absolute Gasteiger partial charge is 0.478 e. The normalized spacial score (nSPS) is 13.0. The van der Waals surface area contributed by atoms with Gasteiger partial charge in [-0.05, 0) is 73.4 Å². The zero-order valence-electron chi connectivity index (χ0n) is 18.8. The van der Waals surface area contributed by atoms with E-state index in [0.717, 1.165) is 11.1 Å². The van der Waals surface area contributed by atoms with Crippen molar-refractivity contribution in [2.45, 2.75) is 38.2 Å². The molecule has 1 amide bonds. The number of carbonyl (C=O) groups excluding carboxylic acids is 1. The summed E-state index contributed by atoms with van der Waals surface area (Å²) in [6.07, 6.45) is 0. The van der Waals surface area contributed by atoms with Gasteiger partial charge in [-0.15, -0.1) is 0 Å². The molecule has 0 fully saturated rings. The van der Waals surface area contributed by atoms with Crippen LogP contribution in [0.4, 0.5) is 0 Å². The van der Waals surface area contributed by atoms with Gasteiger partial charge in [-0.3, -0.25) is 4.79 Å². The molecular formula is C27H26Cl2N2O2. The molecule has 0 heterocycles.